The Morgan fingerprint density at radius 2 is 2.15 bits per heavy atom. The van der Waals surface area contributed by atoms with Gasteiger partial charge in [-0.15, -0.1) is 0 Å². The summed E-state index contributed by atoms with van der Waals surface area (Å²) in [6, 6.07) is 8.57. The highest BCUT2D eigenvalue weighted by Crippen LogP contribution is 2.28. The summed E-state index contributed by atoms with van der Waals surface area (Å²) in [5.41, 5.74) is 2.61. The van der Waals surface area contributed by atoms with Gasteiger partial charge in [-0.1, -0.05) is 12.1 Å². The Hall–Kier alpha value is -1.81. The van der Waals surface area contributed by atoms with Crippen molar-refractivity contribution in [1.82, 2.24) is 14.9 Å². The highest BCUT2D eigenvalue weighted by atomic mass is 16.5. The lowest BCUT2D eigenvalue weighted by molar-refractivity contribution is 0.414. The van der Waals surface area contributed by atoms with E-state index in [4.69, 9.17) is 4.74 Å². The van der Waals surface area contributed by atoms with E-state index in [9.17, 15) is 0 Å². The minimum atomic E-state index is 0.291. The highest BCUT2D eigenvalue weighted by Gasteiger charge is 2.22. The highest BCUT2D eigenvalue weighted by molar-refractivity contribution is 5.30. The van der Waals surface area contributed by atoms with Gasteiger partial charge in [-0.3, -0.25) is 0 Å². The predicted octanol–water partition coefficient (Wildman–Crippen LogP) is 2.58. The molecule has 1 aliphatic rings. The zero-order valence-corrected chi connectivity index (χ0v) is 12.0. The van der Waals surface area contributed by atoms with E-state index in [1.165, 1.54) is 17.7 Å². The number of hydrogen-bond donors (Lipinski definition) is 1. The van der Waals surface area contributed by atoms with Crippen LogP contribution in [-0.4, -0.2) is 29.8 Å². The van der Waals surface area contributed by atoms with E-state index in [0.29, 0.717) is 12.0 Å². The fourth-order valence-corrected chi connectivity index (χ4v) is 2.90. The van der Waals surface area contributed by atoms with Crippen LogP contribution >= 0.6 is 0 Å². The van der Waals surface area contributed by atoms with E-state index in [0.717, 1.165) is 18.8 Å². The van der Waals surface area contributed by atoms with Crippen LogP contribution in [0, 0.1) is 0 Å². The van der Waals surface area contributed by atoms with Gasteiger partial charge in [0, 0.05) is 24.4 Å². The molecule has 0 spiro atoms. The summed E-state index contributed by atoms with van der Waals surface area (Å²) in [5.74, 6) is 1.48. The summed E-state index contributed by atoms with van der Waals surface area (Å²) in [6.45, 7) is 4.38. The van der Waals surface area contributed by atoms with Gasteiger partial charge in [0.15, 0.2) is 0 Å². The molecule has 0 bridgehead atoms. The minimum absolute atomic E-state index is 0.291. The number of ether oxygens (including phenoxy) is 1. The molecule has 2 unspecified atom stereocenters. The number of hydrogen-bond acceptors (Lipinski definition) is 3. The zero-order chi connectivity index (χ0) is 13.9. The van der Waals surface area contributed by atoms with E-state index in [1.807, 2.05) is 24.7 Å². The van der Waals surface area contributed by atoms with Crippen molar-refractivity contribution < 1.29 is 4.74 Å². The molecule has 4 heteroatoms. The van der Waals surface area contributed by atoms with Crippen molar-refractivity contribution in [3.63, 3.8) is 0 Å². The maximum atomic E-state index is 5.22. The molecule has 4 nitrogen and oxygen atoms in total. The molecule has 2 heterocycles. The first-order chi connectivity index (χ1) is 9.79. The second-order valence-corrected chi connectivity index (χ2v) is 5.36. The zero-order valence-electron chi connectivity index (χ0n) is 12.0. The van der Waals surface area contributed by atoms with Gasteiger partial charge in [-0.05, 0) is 37.6 Å². The normalized spacial score (nSPS) is 20.0. The van der Waals surface area contributed by atoms with Gasteiger partial charge in [0.25, 0.3) is 0 Å². The Balaban J connectivity index is 1.86. The summed E-state index contributed by atoms with van der Waals surface area (Å²) in [6.07, 6.45) is 5.15. The molecule has 1 aromatic carbocycles. The van der Waals surface area contributed by atoms with Crippen LogP contribution in [0.2, 0.25) is 0 Å². The van der Waals surface area contributed by atoms with Crippen LogP contribution in [-0.2, 0) is 0 Å². The minimum Gasteiger partial charge on any atom is -0.497 e. The number of rotatable bonds is 4. The Morgan fingerprint density at radius 3 is 2.80 bits per heavy atom. The summed E-state index contributed by atoms with van der Waals surface area (Å²) in [4.78, 5) is 4.36. The van der Waals surface area contributed by atoms with Gasteiger partial charge in [0.1, 0.15) is 5.75 Å². The van der Waals surface area contributed by atoms with Gasteiger partial charge in [0.05, 0.1) is 19.5 Å². The first-order valence-corrected chi connectivity index (χ1v) is 7.16. The molecule has 0 aliphatic carbocycles. The number of aromatic nitrogens is 2. The SMILES string of the molecule is COc1ccc(C(C)n2cncc2C2CCNC2)cc1. The molecule has 20 heavy (non-hydrogen) atoms. The molecule has 0 radical (unpaired) electrons. The molecule has 0 amide bonds. The maximum Gasteiger partial charge on any atom is 0.118 e. The van der Waals surface area contributed by atoms with Gasteiger partial charge < -0.3 is 14.6 Å². The topological polar surface area (TPSA) is 39.1 Å². The first kappa shape index (κ1) is 13.2. The third-order valence-corrected chi connectivity index (χ3v) is 4.19. The van der Waals surface area contributed by atoms with Crippen molar-refractivity contribution in [3.05, 3.63) is 48.0 Å². The fourth-order valence-electron chi connectivity index (χ4n) is 2.90. The van der Waals surface area contributed by atoms with Crippen LogP contribution in [0.15, 0.2) is 36.8 Å². The molecule has 1 fully saturated rings. The first-order valence-electron chi connectivity index (χ1n) is 7.16. The van der Waals surface area contributed by atoms with Crippen LogP contribution in [0.4, 0.5) is 0 Å². The van der Waals surface area contributed by atoms with E-state index in [-0.39, 0.29) is 0 Å². The Bertz CT molecular complexity index is 555. The van der Waals surface area contributed by atoms with Crippen molar-refractivity contribution in [2.24, 2.45) is 0 Å². The molecule has 1 saturated heterocycles. The fraction of sp³-hybridized carbons (Fsp3) is 0.438. The largest absolute Gasteiger partial charge is 0.497 e. The summed E-state index contributed by atoms with van der Waals surface area (Å²) in [7, 11) is 1.69. The molecule has 1 aromatic heterocycles. The molecule has 1 N–H and O–H groups in total. The lowest BCUT2D eigenvalue weighted by atomic mass is 10.0. The Morgan fingerprint density at radius 1 is 1.35 bits per heavy atom. The van der Waals surface area contributed by atoms with Crippen molar-refractivity contribution in [2.45, 2.75) is 25.3 Å². The number of imidazole rings is 1. The monoisotopic (exact) mass is 271 g/mol. The average molecular weight is 271 g/mol. The van der Waals surface area contributed by atoms with Crippen LogP contribution in [0.1, 0.15) is 36.6 Å². The van der Waals surface area contributed by atoms with Crippen molar-refractivity contribution in [1.29, 1.82) is 0 Å². The summed E-state index contributed by atoms with van der Waals surface area (Å²) < 4.78 is 7.51. The van der Waals surface area contributed by atoms with E-state index in [1.54, 1.807) is 7.11 Å². The van der Waals surface area contributed by atoms with Crippen molar-refractivity contribution in [3.8, 4) is 5.75 Å². The standard InChI is InChI=1S/C16H21N3O/c1-12(13-3-5-15(20-2)6-4-13)19-11-18-10-16(19)14-7-8-17-9-14/h3-6,10-12,14,17H,7-9H2,1-2H3. The third-order valence-electron chi connectivity index (χ3n) is 4.19. The van der Waals surface area contributed by atoms with E-state index in [2.05, 4.69) is 33.9 Å². The molecule has 106 valence electrons. The molecule has 2 atom stereocenters. The number of benzene rings is 1. The second-order valence-electron chi connectivity index (χ2n) is 5.36. The Labute approximate surface area is 119 Å². The Kier molecular flexibility index (Phi) is 3.74. The molecular formula is C16H21N3O. The van der Waals surface area contributed by atoms with E-state index >= 15 is 0 Å². The molecule has 2 aromatic rings. The number of methoxy groups -OCH3 is 1. The third kappa shape index (κ3) is 2.43. The lowest BCUT2D eigenvalue weighted by Crippen LogP contribution is -2.14. The van der Waals surface area contributed by atoms with Crippen molar-refractivity contribution >= 4 is 0 Å². The second kappa shape index (κ2) is 5.67. The summed E-state index contributed by atoms with van der Waals surface area (Å²) >= 11 is 0. The molecule has 1 aliphatic heterocycles. The van der Waals surface area contributed by atoms with Crippen LogP contribution in [0.3, 0.4) is 0 Å². The smallest absolute Gasteiger partial charge is 0.118 e. The average Bonchev–Trinajstić information content (AvgIpc) is 3.16. The predicted molar refractivity (Wildman–Crippen MR) is 79.3 cm³/mol. The lowest BCUT2D eigenvalue weighted by Gasteiger charge is -2.20. The maximum absolute atomic E-state index is 5.22. The van der Waals surface area contributed by atoms with Crippen LogP contribution in [0.5, 0.6) is 5.75 Å². The van der Waals surface area contributed by atoms with Crippen LogP contribution < -0.4 is 10.1 Å². The van der Waals surface area contributed by atoms with Crippen LogP contribution in [0.25, 0.3) is 0 Å². The van der Waals surface area contributed by atoms with Gasteiger partial charge >= 0.3 is 0 Å². The number of nitrogens with one attached hydrogen (secondary N) is 1. The van der Waals surface area contributed by atoms with E-state index < -0.39 is 0 Å². The molecular weight excluding hydrogens is 250 g/mol. The quantitative estimate of drug-likeness (QED) is 0.929. The van der Waals surface area contributed by atoms with Gasteiger partial charge in [0.2, 0.25) is 0 Å². The summed E-state index contributed by atoms with van der Waals surface area (Å²) in [5, 5.41) is 3.42. The van der Waals surface area contributed by atoms with Gasteiger partial charge in [-0.2, -0.15) is 0 Å². The van der Waals surface area contributed by atoms with Crippen molar-refractivity contribution in [2.75, 3.05) is 20.2 Å². The number of nitrogens with zero attached hydrogens (tertiary/aromatic N) is 2. The molecule has 3 rings (SSSR count). The van der Waals surface area contributed by atoms with Gasteiger partial charge in [-0.25, -0.2) is 4.98 Å². The molecule has 0 saturated carbocycles.